The zero-order chi connectivity index (χ0) is 21.6. The number of benzene rings is 2. The Kier molecular flexibility index (Phi) is 5.17. The second-order valence-electron chi connectivity index (χ2n) is 6.34. The molecule has 0 unspecified atom stereocenters. The van der Waals surface area contributed by atoms with E-state index >= 15 is 0 Å². The molecule has 3 aromatic rings. The number of pyridine rings is 1. The summed E-state index contributed by atoms with van der Waals surface area (Å²) in [6.07, 6.45) is -12.2. The van der Waals surface area contributed by atoms with Gasteiger partial charge in [-0.3, -0.25) is 0 Å². The second-order valence-corrected chi connectivity index (χ2v) is 6.78. The fraction of sp³-hybridized carbons (Fsp3) is 0.211. The summed E-state index contributed by atoms with van der Waals surface area (Å²) in [6.45, 7) is 0. The highest BCUT2D eigenvalue weighted by atomic mass is 35.5. The summed E-state index contributed by atoms with van der Waals surface area (Å²) in [4.78, 5) is 3.84. The molecule has 1 heterocycles. The Morgan fingerprint density at radius 2 is 1.48 bits per heavy atom. The van der Waals surface area contributed by atoms with Crippen LogP contribution < -0.4 is 0 Å². The molecule has 0 radical (unpaired) electrons. The number of rotatable bonds is 3. The van der Waals surface area contributed by atoms with E-state index in [9.17, 15) is 36.6 Å². The predicted octanol–water partition coefficient (Wildman–Crippen LogP) is 5.50. The first kappa shape index (κ1) is 21.2. The lowest BCUT2D eigenvalue weighted by molar-refractivity contribution is -0.375. The smallest absolute Gasteiger partial charge is 0.430 e. The number of para-hydroxylation sites is 1. The first-order chi connectivity index (χ1) is 13.3. The summed E-state index contributed by atoms with van der Waals surface area (Å²) in [5.41, 5.74) is -6.89. The maximum atomic E-state index is 13.3. The largest absolute Gasteiger partial charge is 0.506 e. The zero-order valence-electron chi connectivity index (χ0n) is 14.3. The molecule has 3 rings (SSSR count). The summed E-state index contributed by atoms with van der Waals surface area (Å²) in [5.74, 6) is -0.410. The number of aromatic nitrogens is 1. The van der Waals surface area contributed by atoms with Crippen molar-refractivity contribution in [2.45, 2.75) is 24.4 Å². The first-order valence-electron chi connectivity index (χ1n) is 8.07. The average Bonchev–Trinajstić information content (AvgIpc) is 2.61. The lowest BCUT2D eigenvalue weighted by Crippen LogP contribution is -2.54. The third-order valence-corrected chi connectivity index (χ3v) is 4.65. The van der Waals surface area contributed by atoms with Gasteiger partial charge in [-0.2, -0.15) is 26.3 Å². The standard InChI is InChI=1S/C19H12ClF6NO2/c20-12-6-4-10(5-7-12)8-14-15(28)9-11-2-1-3-13(16(11)27-14)17(29,18(21,22)23)19(24,25)26/h1-7,9,28-29H,8H2. The number of alkyl halides is 6. The van der Waals surface area contributed by atoms with E-state index in [4.69, 9.17) is 11.6 Å². The molecule has 29 heavy (non-hydrogen) atoms. The van der Waals surface area contributed by atoms with Gasteiger partial charge in [0.15, 0.2) is 0 Å². The molecule has 3 nitrogen and oxygen atoms in total. The van der Waals surface area contributed by atoms with Crippen molar-refractivity contribution in [3.8, 4) is 5.75 Å². The van der Waals surface area contributed by atoms with E-state index in [1.165, 1.54) is 18.2 Å². The summed E-state index contributed by atoms with van der Waals surface area (Å²) in [6, 6.07) is 9.83. The van der Waals surface area contributed by atoms with Gasteiger partial charge in [-0.15, -0.1) is 0 Å². The van der Waals surface area contributed by atoms with Crippen LogP contribution in [-0.4, -0.2) is 27.5 Å². The molecule has 10 heteroatoms. The number of aromatic hydroxyl groups is 1. The van der Waals surface area contributed by atoms with Crippen molar-refractivity contribution in [3.63, 3.8) is 0 Å². The topological polar surface area (TPSA) is 53.4 Å². The van der Waals surface area contributed by atoms with Crippen LogP contribution in [0.5, 0.6) is 5.75 Å². The van der Waals surface area contributed by atoms with E-state index in [0.717, 1.165) is 12.1 Å². The highest BCUT2D eigenvalue weighted by Crippen LogP contribution is 2.51. The summed E-state index contributed by atoms with van der Waals surface area (Å²) in [5, 5.41) is 20.1. The minimum absolute atomic E-state index is 0.0796. The van der Waals surface area contributed by atoms with Crippen molar-refractivity contribution >= 4 is 22.5 Å². The molecule has 0 aliphatic rings. The van der Waals surface area contributed by atoms with Crippen LogP contribution in [0.3, 0.4) is 0 Å². The third kappa shape index (κ3) is 3.72. The van der Waals surface area contributed by atoms with Crippen LogP contribution in [0.1, 0.15) is 16.8 Å². The Morgan fingerprint density at radius 1 is 0.897 bits per heavy atom. The monoisotopic (exact) mass is 435 g/mol. The van der Waals surface area contributed by atoms with Gasteiger partial charge in [-0.25, -0.2) is 4.98 Å². The summed E-state index contributed by atoms with van der Waals surface area (Å²) >= 11 is 5.77. The van der Waals surface area contributed by atoms with Crippen LogP contribution in [0.25, 0.3) is 10.9 Å². The number of halogens is 7. The maximum Gasteiger partial charge on any atom is 0.430 e. The Balaban J connectivity index is 2.23. The van der Waals surface area contributed by atoms with Gasteiger partial charge in [0.1, 0.15) is 5.75 Å². The lowest BCUT2D eigenvalue weighted by Gasteiger charge is -2.33. The fourth-order valence-electron chi connectivity index (χ4n) is 2.91. The molecule has 154 valence electrons. The van der Waals surface area contributed by atoms with Crippen LogP contribution >= 0.6 is 11.6 Å². The summed E-state index contributed by atoms with van der Waals surface area (Å²) < 4.78 is 79.9. The number of hydrogen-bond donors (Lipinski definition) is 2. The van der Waals surface area contributed by atoms with Crippen LogP contribution in [-0.2, 0) is 12.0 Å². The van der Waals surface area contributed by atoms with Crippen molar-refractivity contribution in [2.24, 2.45) is 0 Å². The predicted molar refractivity (Wildman–Crippen MR) is 93.7 cm³/mol. The van der Waals surface area contributed by atoms with E-state index in [0.29, 0.717) is 16.7 Å². The van der Waals surface area contributed by atoms with Gasteiger partial charge in [-0.05, 0) is 23.8 Å². The minimum atomic E-state index is -6.05. The lowest BCUT2D eigenvalue weighted by atomic mass is 9.90. The van der Waals surface area contributed by atoms with Gasteiger partial charge in [-0.1, -0.05) is 41.9 Å². The molecule has 2 aromatic carbocycles. The van der Waals surface area contributed by atoms with E-state index in [1.54, 1.807) is 12.1 Å². The van der Waals surface area contributed by atoms with E-state index in [1.807, 2.05) is 0 Å². The normalized spacial score (nSPS) is 13.1. The Labute approximate surface area is 165 Å². The van der Waals surface area contributed by atoms with Gasteiger partial charge >= 0.3 is 12.4 Å². The SMILES string of the molecule is Oc1cc2cccc(C(O)(C(F)(F)F)C(F)(F)F)c2nc1Cc1ccc(Cl)cc1. The number of hydrogen-bond acceptors (Lipinski definition) is 3. The molecule has 1 aromatic heterocycles. The van der Waals surface area contributed by atoms with Gasteiger partial charge < -0.3 is 10.2 Å². The summed E-state index contributed by atoms with van der Waals surface area (Å²) in [7, 11) is 0. The van der Waals surface area contributed by atoms with Gasteiger partial charge in [0.2, 0.25) is 0 Å². The third-order valence-electron chi connectivity index (χ3n) is 4.40. The molecular formula is C19H12ClF6NO2. The van der Waals surface area contributed by atoms with Gasteiger partial charge in [0.05, 0.1) is 11.2 Å². The Bertz CT molecular complexity index is 1030. The minimum Gasteiger partial charge on any atom is -0.506 e. The molecule has 0 saturated heterocycles. The second kappa shape index (κ2) is 7.07. The van der Waals surface area contributed by atoms with Crippen molar-refractivity contribution in [1.82, 2.24) is 4.98 Å². The molecule has 0 fully saturated rings. The first-order valence-corrected chi connectivity index (χ1v) is 8.45. The number of aliphatic hydroxyl groups is 1. The molecule has 0 saturated carbocycles. The highest BCUT2D eigenvalue weighted by molar-refractivity contribution is 6.30. The Hall–Kier alpha value is -2.52. The molecular weight excluding hydrogens is 424 g/mol. The van der Waals surface area contributed by atoms with Crippen molar-refractivity contribution in [2.75, 3.05) is 0 Å². The van der Waals surface area contributed by atoms with Crippen molar-refractivity contribution < 1.29 is 36.6 Å². The van der Waals surface area contributed by atoms with Gasteiger partial charge in [0, 0.05) is 22.4 Å². The van der Waals surface area contributed by atoms with Crippen molar-refractivity contribution in [1.29, 1.82) is 0 Å². The Morgan fingerprint density at radius 3 is 2.03 bits per heavy atom. The molecule has 0 amide bonds. The van der Waals surface area contributed by atoms with Crippen LogP contribution in [0, 0.1) is 0 Å². The van der Waals surface area contributed by atoms with Crippen LogP contribution in [0.4, 0.5) is 26.3 Å². The molecule has 0 atom stereocenters. The number of nitrogens with zero attached hydrogens (tertiary/aromatic N) is 1. The molecule has 2 N–H and O–H groups in total. The van der Waals surface area contributed by atoms with E-state index in [2.05, 4.69) is 4.98 Å². The average molecular weight is 436 g/mol. The van der Waals surface area contributed by atoms with Gasteiger partial charge in [0.25, 0.3) is 5.60 Å². The van der Waals surface area contributed by atoms with Crippen LogP contribution in [0.15, 0.2) is 48.5 Å². The maximum absolute atomic E-state index is 13.3. The molecule has 0 spiro atoms. The van der Waals surface area contributed by atoms with Crippen LogP contribution in [0.2, 0.25) is 5.02 Å². The molecule has 0 aliphatic heterocycles. The zero-order valence-corrected chi connectivity index (χ0v) is 15.1. The molecule has 0 aliphatic carbocycles. The van der Waals surface area contributed by atoms with Crippen molar-refractivity contribution in [3.05, 3.63) is 70.4 Å². The van der Waals surface area contributed by atoms with E-state index in [-0.39, 0.29) is 17.5 Å². The quantitative estimate of drug-likeness (QED) is 0.534. The van der Waals surface area contributed by atoms with E-state index < -0.39 is 34.8 Å². The fourth-order valence-corrected chi connectivity index (χ4v) is 3.04. The molecule has 0 bridgehead atoms. The number of fused-ring (bicyclic) bond motifs is 1. The highest BCUT2D eigenvalue weighted by Gasteiger charge is 2.72.